The van der Waals surface area contributed by atoms with Gasteiger partial charge >= 0.3 is 6.18 Å². The highest BCUT2D eigenvalue weighted by Crippen LogP contribution is 2.39. The molecule has 1 heterocycles. The molecule has 0 atom stereocenters. The highest BCUT2D eigenvalue weighted by molar-refractivity contribution is 7.15. The van der Waals surface area contributed by atoms with E-state index in [1.54, 1.807) is 12.1 Å². The van der Waals surface area contributed by atoms with E-state index in [-0.39, 0.29) is 11.1 Å². The summed E-state index contributed by atoms with van der Waals surface area (Å²) in [4.78, 5) is 12.1. The number of carbonyl (C=O) groups excluding carboxylic acids is 1. The zero-order valence-electron chi connectivity index (χ0n) is 9.41. The van der Waals surface area contributed by atoms with Gasteiger partial charge in [-0.2, -0.15) is 13.2 Å². The van der Waals surface area contributed by atoms with Crippen molar-refractivity contribution in [2.45, 2.75) is 13.1 Å². The summed E-state index contributed by atoms with van der Waals surface area (Å²) in [6.07, 6.45) is -4.05. The van der Waals surface area contributed by atoms with Gasteiger partial charge in [0, 0.05) is 20.9 Å². The van der Waals surface area contributed by atoms with Gasteiger partial charge in [0.05, 0.1) is 5.56 Å². The van der Waals surface area contributed by atoms with E-state index in [9.17, 15) is 18.0 Å². The Morgan fingerprint density at radius 3 is 2.39 bits per heavy atom. The smallest absolute Gasteiger partial charge is 0.298 e. The Labute approximate surface area is 106 Å². The first-order chi connectivity index (χ1) is 8.41. The molecule has 5 heteroatoms. The van der Waals surface area contributed by atoms with Crippen molar-refractivity contribution in [3.63, 3.8) is 0 Å². The van der Waals surface area contributed by atoms with Crippen molar-refractivity contribution in [2.75, 3.05) is 0 Å². The Kier molecular flexibility index (Phi) is 3.26. The quantitative estimate of drug-likeness (QED) is 0.731. The normalized spacial score (nSPS) is 11.6. The topological polar surface area (TPSA) is 17.1 Å². The lowest BCUT2D eigenvalue weighted by Gasteiger charge is -2.12. The third-order valence-electron chi connectivity index (χ3n) is 2.49. The van der Waals surface area contributed by atoms with Gasteiger partial charge in [-0.3, -0.25) is 4.79 Å². The molecule has 1 aromatic heterocycles. The Morgan fingerprint density at radius 1 is 1.17 bits per heavy atom. The van der Waals surface area contributed by atoms with Crippen LogP contribution >= 0.6 is 11.3 Å². The number of hydrogen-bond donors (Lipinski definition) is 0. The molecule has 0 aliphatic carbocycles. The molecule has 1 aromatic carbocycles. The molecule has 94 valence electrons. The van der Waals surface area contributed by atoms with Crippen LogP contribution in [0.1, 0.15) is 20.8 Å². The maximum absolute atomic E-state index is 12.9. The van der Waals surface area contributed by atoms with Crippen LogP contribution in [0.3, 0.4) is 0 Å². The zero-order valence-corrected chi connectivity index (χ0v) is 10.2. The fourth-order valence-electron chi connectivity index (χ4n) is 1.66. The first-order valence-corrected chi connectivity index (χ1v) is 5.96. The van der Waals surface area contributed by atoms with E-state index in [1.165, 1.54) is 23.5 Å². The van der Waals surface area contributed by atoms with Gasteiger partial charge in [-0.1, -0.05) is 12.1 Å². The van der Waals surface area contributed by atoms with Crippen LogP contribution in [0.4, 0.5) is 13.2 Å². The largest absolute Gasteiger partial charge is 0.417 e. The lowest BCUT2D eigenvalue weighted by atomic mass is 10.0. The van der Waals surface area contributed by atoms with Crippen molar-refractivity contribution >= 4 is 17.6 Å². The molecule has 0 bridgehead atoms. The molecule has 1 nitrogen and oxygen atoms in total. The van der Waals surface area contributed by atoms with Crippen LogP contribution in [-0.4, -0.2) is 6.29 Å². The minimum atomic E-state index is -4.47. The standard InChI is InChI=1S/C13H9F3OS/c1-8-2-5-12(18-8)10-4-3-9(7-17)6-11(10)13(14,15)16/h2-7H,1H3. The van der Waals surface area contributed by atoms with Gasteiger partial charge < -0.3 is 0 Å². The van der Waals surface area contributed by atoms with Crippen molar-refractivity contribution in [3.8, 4) is 10.4 Å². The van der Waals surface area contributed by atoms with Crippen LogP contribution in [0.5, 0.6) is 0 Å². The fourth-order valence-corrected chi connectivity index (χ4v) is 2.57. The molecule has 0 saturated heterocycles. The van der Waals surface area contributed by atoms with E-state index < -0.39 is 11.7 Å². The molecule has 0 N–H and O–H groups in total. The zero-order chi connectivity index (χ0) is 13.3. The van der Waals surface area contributed by atoms with Gasteiger partial charge in [0.15, 0.2) is 0 Å². The van der Waals surface area contributed by atoms with Gasteiger partial charge in [0.2, 0.25) is 0 Å². The Morgan fingerprint density at radius 2 is 1.89 bits per heavy atom. The van der Waals surface area contributed by atoms with Crippen molar-refractivity contribution in [3.05, 3.63) is 46.3 Å². The minimum absolute atomic E-state index is 0.0272. The van der Waals surface area contributed by atoms with Crippen LogP contribution in [0.15, 0.2) is 30.3 Å². The second-order valence-electron chi connectivity index (χ2n) is 3.83. The lowest BCUT2D eigenvalue weighted by Crippen LogP contribution is -2.07. The predicted octanol–water partition coefficient (Wildman–Crippen LogP) is 4.55. The van der Waals surface area contributed by atoms with Gasteiger partial charge in [-0.05, 0) is 25.1 Å². The molecule has 0 aliphatic heterocycles. The summed E-state index contributed by atoms with van der Waals surface area (Å²) >= 11 is 1.30. The highest BCUT2D eigenvalue weighted by Gasteiger charge is 2.34. The molecule has 2 rings (SSSR count). The second kappa shape index (κ2) is 4.57. The number of carbonyl (C=O) groups is 1. The van der Waals surface area contributed by atoms with Gasteiger partial charge in [0.1, 0.15) is 6.29 Å². The summed E-state index contributed by atoms with van der Waals surface area (Å²) in [5.74, 6) is 0. The summed E-state index contributed by atoms with van der Waals surface area (Å²) in [7, 11) is 0. The third-order valence-corrected chi connectivity index (χ3v) is 3.52. The number of rotatable bonds is 2. The fraction of sp³-hybridized carbons (Fsp3) is 0.154. The van der Waals surface area contributed by atoms with Crippen molar-refractivity contribution in [1.29, 1.82) is 0 Å². The molecule has 18 heavy (non-hydrogen) atoms. The Hall–Kier alpha value is -1.62. The molecule has 0 spiro atoms. The first kappa shape index (κ1) is 12.8. The Balaban J connectivity index is 2.63. The van der Waals surface area contributed by atoms with Gasteiger partial charge in [0.25, 0.3) is 0 Å². The average molecular weight is 270 g/mol. The summed E-state index contributed by atoms with van der Waals surface area (Å²) in [6.45, 7) is 1.83. The van der Waals surface area contributed by atoms with Crippen molar-refractivity contribution < 1.29 is 18.0 Å². The minimum Gasteiger partial charge on any atom is -0.298 e. The molecule has 0 unspecified atom stereocenters. The van der Waals surface area contributed by atoms with Crippen molar-refractivity contribution in [2.24, 2.45) is 0 Å². The van der Waals surface area contributed by atoms with E-state index >= 15 is 0 Å². The maximum Gasteiger partial charge on any atom is 0.417 e. The third kappa shape index (κ3) is 2.46. The maximum atomic E-state index is 12.9. The number of aldehydes is 1. The van der Waals surface area contributed by atoms with Gasteiger partial charge in [-0.15, -0.1) is 11.3 Å². The summed E-state index contributed by atoms with van der Waals surface area (Å²) < 4.78 is 38.8. The number of alkyl halides is 3. The SMILES string of the molecule is Cc1ccc(-c2ccc(C=O)cc2C(F)(F)F)s1. The average Bonchev–Trinajstić information content (AvgIpc) is 2.74. The molecule has 0 amide bonds. The molecular weight excluding hydrogens is 261 g/mol. The molecule has 0 radical (unpaired) electrons. The van der Waals surface area contributed by atoms with Crippen LogP contribution in [0.25, 0.3) is 10.4 Å². The first-order valence-electron chi connectivity index (χ1n) is 5.15. The van der Waals surface area contributed by atoms with Crippen LogP contribution in [0, 0.1) is 6.92 Å². The molecule has 0 saturated carbocycles. The van der Waals surface area contributed by atoms with E-state index in [0.717, 1.165) is 10.9 Å². The summed E-state index contributed by atoms with van der Waals surface area (Å²) in [6, 6.07) is 7.06. The van der Waals surface area contributed by atoms with Crippen molar-refractivity contribution in [1.82, 2.24) is 0 Å². The number of hydrogen-bond acceptors (Lipinski definition) is 2. The van der Waals surface area contributed by atoms with Gasteiger partial charge in [-0.25, -0.2) is 0 Å². The number of aryl methyl sites for hydroxylation is 1. The monoisotopic (exact) mass is 270 g/mol. The van der Waals surface area contributed by atoms with E-state index in [2.05, 4.69) is 0 Å². The number of benzene rings is 1. The number of halogens is 3. The van der Waals surface area contributed by atoms with Crippen LogP contribution in [0.2, 0.25) is 0 Å². The predicted molar refractivity (Wildman–Crippen MR) is 64.9 cm³/mol. The lowest BCUT2D eigenvalue weighted by molar-refractivity contribution is -0.137. The van der Waals surface area contributed by atoms with Crippen LogP contribution < -0.4 is 0 Å². The van der Waals surface area contributed by atoms with Crippen LogP contribution in [-0.2, 0) is 6.18 Å². The highest BCUT2D eigenvalue weighted by atomic mass is 32.1. The van der Waals surface area contributed by atoms with E-state index in [1.807, 2.05) is 6.92 Å². The summed E-state index contributed by atoms with van der Waals surface area (Å²) in [5.41, 5.74) is -0.625. The molecule has 2 aromatic rings. The summed E-state index contributed by atoms with van der Waals surface area (Å²) in [5, 5.41) is 0. The molecular formula is C13H9F3OS. The number of thiophene rings is 1. The second-order valence-corrected chi connectivity index (χ2v) is 5.12. The molecule has 0 aliphatic rings. The Bertz CT molecular complexity index is 584. The molecule has 0 fully saturated rings. The van der Waals surface area contributed by atoms with E-state index in [0.29, 0.717) is 11.2 Å². The van der Waals surface area contributed by atoms with E-state index in [4.69, 9.17) is 0 Å².